The van der Waals surface area contributed by atoms with Crippen LogP contribution in [0.15, 0.2) is 71.8 Å². The molecule has 7 heteroatoms. The van der Waals surface area contributed by atoms with Gasteiger partial charge in [-0.05, 0) is 36.8 Å². The van der Waals surface area contributed by atoms with Gasteiger partial charge in [0.1, 0.15) is 11.6 Å². The zero-order chi connectivity index (χ0) is 19.3. The third-order valence-corrected chi connectivity index (χ3v) is 5.59. The molecule has 0 atom stereocenters. The van der Waals surface area contributed by atoms with Crippen molar-refractivity contribution in [3.63, 3.8) is 0 Å². The predicted octanol–water partition coefficient (Wildman–Crippen LogP) is 3.81. The van der Waals surface area contributed by atoms with Crippen LogP contribution >= 0.6 is 0 Å². The SMILES string of the molecule is COc1ccccc1CNc1ccc(NS(=O)(=O)c2ccccc2C)cn1. The Morgan fingerprint density at radius 3 is 2.44 bits per heavy atom. The maximum absolute atomic E-state index is 12.5. The largest absolute Gasteiger partial charge is 0.496 e. The summed E-state index contributed by atoms with van der Waals surface area (Å²) < 4.78 is 32.9. The maximum atomic E-state index is 12.5. The molecule has 1 aromatic heterocycles. The number of benzene rings is 2. The maximum Gasteiger partial charge on any atom is 0.262 e. The van der Waals surface area contributed by atoms with Crippen molar-refractivity contribution in [2.24, 2.45) is 0 Å². The van der Waals surface area contributed by atoms with Crippen LogP contribution in [0.1, 0.15) is 11.1 Å². The fraction of sp³-hybridized carbons (Fsp3) is 0.150. The average Bonchev–Trinajstić information content (AvgIpc) is 2.67. The van der Waals surface area contributed by atoms with E-state index in [0.29, 0.717) is 23.6 Å². The highest BCUT2D eigenvalue weighted by Gasteiger charge is 2.16. The Balaban J connectivity index is 1.68. The number of pyridine rings is 1. The van der Waals surface area contributed by atoms with Crippen molar-refractivity contribution in [1.82, 2.24) is 4.98 Å². The van der Waals surface area contributed by atoms with E-state index in [9.17, 15) is 8.42 Å². The first-order valence-electron chi connectivity index (χ1n) is 8.40. The van der Waals surface area contributed by atoms with Crippen LogP contribution in [0.25, 0.3) is 0 Å². The summed E-state index contributed by atoms with van der Waals surface area (Å²) in [5.74, 6) is 1.44. The van der Waals surface area contributed by atoms with Crippen LogP contribution in [0.3, 0.4) is 0 Å². The summed E-state index contributed by atoms with van der Waals surface area (Å²) in [6.45, 7) is 2.31. The number of hydrogen-bond donors (Lipinski definition) is 2. The van der Waals surface area contributed by atoms with Crippen LogP contribution in [0.4, 0.5) is 11.5 Å². The molecule has 0 bridgehead atoms. The third-order valence-electron chi connectivity index (χ3n) is 4.05. The number of aryl methyl sites for hydroxylation is 1. The van der Waals surface area contributed by atoms with E-state index in [-0.39, 0.29) is 4.90 Å². The lowest BCUT2D eigenvalue weighted by Gasteiger charge is -2.12. The molecule has 0 saturated heterocycles. The van der Waals surface area contributed by atoms with Gasteiger partial charge in [-0.1, -0.05) is 36.4 Å². The van der Waals surface area contributed by atoms with E-state index in [1.165, 1.54) is 6.20 Å². The normalized spacial score (nSPS) is 11.0. The first kappa shape index (κ1) is 18.7. The molecule has 0 amide bonds. The predicted molar refractivity (Wildman–Crippen MR) is 107 cm³/mol. The lowest BCUT2D eigenvalue weighted by atomic mass is 10.2. The Morgan fingerprint density at radius 2 is 1.74 bits per heavy atom. The number of hydrogen-bond acceptors (Lipinski definition) is 5. The van der Waals surface area contributed by atoms with Crippen molar-refractivity contribution in [2.45, 2.75) is 18.4 Å². The second-order valence-electron chi connectivity index (χ2n) is 5.97. The number of aromatic nitrogens is 1. The minimum atomic E-state index is -3.65. The van der Waals surface area contributed by atoms with Gasteiger partial charge in [-0.15, -0.1) is 0 Å². The van der Waals surface area contributed by atoms with E-state index < -0.39 is 10.0 Å². The van der Waals surface area contributed by atoms with Crippen LogP contribution in [0.5, 0.6) is 5.75 Å². The number of para-hydroxylation sites is 1. The van der Waals surface area contributed by atoms with Gasteiger partial charge in [0.15, 0.2) is 0 Å². The standard InChI is InChI=1S/C20H21N3O3S/c1-15-7-3-6-10-19(15)27(24,25)23-17-11-12-20(22-14-17)21-13-16-8-4-5-9-18(16)26-2/h3-12,14,23H,13H2,1-2H3,(H,21,22). The van der Waals surface area contributed by atoms with E-state index in [2.05, 4.69) is 15.0 Å². The van der Waals surface area contributed by atoms with Gasteiger partial charge in [0.2, 0.25) is 0 Å². The second-order valence-corrected chi connectivity index (χ2v) is 7.62. The Bertz CT molecular complexity index is 1020. The summed E-state index contributed by atoms with van der Waals surface area (Å²) in [6.07, 6.45) is 1.49. The van der Waals surface area contributed by atoms with Gasteiger partial charge in [-0.3, -0.25) is 4.72 Å². The summed E-state index contributed by atoms with van der Waals surface area (Å²) in [5.41, 5.74) is 2.10. The molecule has 0 fully saturated rings. The van der Waals surface area contributed by atoms with Crippen LogP contribution in [0, 0.1) is 6.92 Å². The quantitative estimate of drug-likeness (QED) is 0.648. The average molecular weight is 383 g/mol. The van der Waals surface area contributed by atoms with E-state index in [1.807, 2.05) is 24.3 Å². The van der Waals surface area contributed by atoms with E-state index in [0.717, 1.165) is 11.3 Å². The first-order chi connectivity index (χ1) is 13.0. The minimum absolute atomic E-state index is 0.253. The van der Waals surface area contributed by atoms with Crippen LogP contribution < -0.4 is 14.8 Å². The molecule has 0 spiro atoms. The Kier molecular flexibility index (Phi) is 5.61. The van der Waals surface area contributed by atoms with Crippen LogP contribution in [-0.2, 0) is 16.6 Å². The lowest BCUT2D eigenvalue weighted by Crippen LogP contribution is -2.14. The van der Waals surface area contributed by atoms with Crippen molar-refractivity contribution in [3.05, 3.63) is 78.0 Å². The summed E-state index contributed by atoms with van der Waals surface area (Å²) >= 11 is 0. The van der Waals surface area contributed by atoms with Gasteiger partial charge in [0, 0.05) is 12.1 Å². The van der Waals surface area contributed by atoms with Gasteiger partial charge in [0.25, 0.3) is 10.0 Å². The van der Waals surface area contributed by atoms with Gasteiger partial charge in [-0.2, -0.15) is 0 Å². The summed E-state index contributed by atoms with van der Waals surface area (Å²) in [6, 6.07) is 18.0. The molecule has 0 radical (unpaired) electrons. The zero-order valence-electron chi connectivity index (χ0n) is 15.1. The molecule has 140 valence electrons. The number of nitrogens with zero attached hydrogens (tertiary/aromatic N) is 1. The molecule has 2 N–H and O–H groups in total. The first-order valence-corrected chi connectivity index (χ1v) is 9.88. The molecular weight excluding hydrogens is 362 g/mol. The van der Waals surface area contributed by atoms with Crippen molar-refractivity contribution in [1.29, 1.82) is 0 Å². The molecule has 6 nitrogen and oxygen atoms in total. The molecule has 0 aliphatic heterocycles. The van der Waals surface area contributed by atoms with Gasteiger partial charge < -0.3 is 10.1 Å². The van der Waals surface area contributed by atoms with Crippen LogP contribution in [-0.4, -0.2) is 20.5 Å². The third kappa shape index (κ3) is 4.57. The zero-order valence-corrected chi connectivity index (χ0v) is 16.0. The van der Waals surface area contributed by atoms with Gasteiger partial charge >= 0.3 is 0 Å². The Hall–Kier alpha value is -3.06. The number of ether oxygens (including phenoxy) is 1. The van der Waals surface area contributed by atoms with E-state index >= 15 is 0 Å². The molecule has 3 rings (SSSR count). The van der Waals surface area contributed by atoms with Crippen molar-refractivity contribution in [2.75, 3.05) is 17.1 Å². The minimum Gasteiger partial charge on any atom is -0.496 e. The van der Waals surface area contributed by atoms with Gasteiger partial charge in [-0.25, -0.2) is 13.4 Å². The Morgan fingerprint density at radius 1 is 1.00 bits per heavy atom. The molecule has 0 aliphatic rings. The summed E-state index contributed by atoms with van der Waals surface area (Å²) in [4.78, 5) is 4.52. The Labute approximate surface area is 159 Å². The number of nitrogens with one attached hydrogen (secondary N) is 2. The molecule has 0 aliphatic carbocycles. The topological polar surface area (TPSA) is 80.3 Å². The lowest BCUT2D eigenvalue weighted by molar-refractivity contribution is 0.410. The fourth-order valence-electron chi connectivity index (χ4n) is 2.66. The summed E-state index contributed by atoms with van der Waals surface area (Å²) in [7, 11) is -2.02. The van der Waals surface area contributed by atoms with Crippen LogP contribution in [0.2, 0.25) is 0 Å². The molecule has 1 heterocycles. The number of anilines is 2. The molecule has 27 heavy (non-hydrogen) atoms. The highest BCUT2D eigenvalue weighted by atomic mass is 32.2. The highest BCUT2D eigenvalue weighted by molar-refractivity contribution is 7.92. The monoisotopic (exact) mass is 383 g/mol. The van der Waals surface area contributed by atoms with E-state index in [4.69, 9.17) is 4.74 Å². The van der Waals surface area contributed by atoms with E-state index in [1.54, 1.807) is 50.4 Å². The molecule has 3 aromatic rings. The molecular formula is C20H21N3O3S. The van der Waals surface area contributed by atoms with Crippen molar-refractivity contribution >= 4 is 21.5 Å². The number of rotatable bonds is 7. The smallest absolute Gasteiger partial charge is 0.262 e. The van der Waals surface area contributed by atoms with Crippen molar-refractivity contribution < 1.29 is 13.2 Å². The van der Waals surface area contributed by atoms with Crippen molar-refractivity contribution in [3.8, 4) is 5.75 Å². The molecule has 0 unspecified atom stereocenters. The van der Waals surface area contributed by atoms with Gasteiger partial charge in [0.05, 0.1) is 23.9 Å². The number of sulfonamides is 1. The summed E-state index contributed by atoms with van der Waals surface area (Å²) in [5, 5.41) is 3.20. The number of methoxy groups -OCH3 is 1. The fourth-order valence-corrected chi connectivity index (χ4v) is 3.95. The highest BCUT2D eigenvalue weighted by Crippen LogP contribution is 2.21. The molecule has 0 saturated carbocycles. The molecule has 2 aromatic carbocycles. The second kappa shape index (κ2) is 8.09.